The second kappa shape index (κ2) is 4.35. The quantitative estimate of drug-likeness (QED) is 0.741. The molecule has 0 spiro atoms. The normalized spacial score (nSPS) is 25.1. The van der Waals surface area contributed by atoms with Crippen LogP contribution < -0.4 is 5.32 Å². The zero-order valence-electron chi connectivity index (χ0n) is 9.09. The summed E-state index contributed by atoms with van der Waals surface area (Å²) in [5.74, 6) is 0.202. The van der Waals surface area contributed by atoms with Gasteiger partial charge in [0.05, 0.1) is 5.60 Å². The molecule has 0 unspecified atom stereocenters. The van der Waals surface area contributed by atoms with Crippen LogP contribution in [-0.4, -0.2) is 23.0 Å². The van der Waals surface area contributed by atoms with Crippen molar-refractivity contribution in [1.29, 1.82) is 0 Å². The first-order valence-corrected chi connectivity index (χ1v) is 5.88. The summed E-state index contributed by atoms with van der Waals surface area (Å²) in [5.41, 5.74) is 0.462. The van der Waals surface area contributed by atoms with Crippen molar-refractivity contribution in [3.8, 4) is 0 Å². The van der Waals surface area contributed by atoms with Gasteiger partial charge in [-0.05, 0) is 19.3 Å². The SMILES string of the molecule is O=C1C=C(NCC2(O)CCCCC2)CC1. The summed E-state index contributed by atoms with van der Waals surface area (Å²) in [4.78, 5) is 11.0. The summed E-state index contributed by atoms with van der Waals surface area (Å²) in [6.07, 6.45) is 8.38. The number of hydrogen-bond donors (Lipinski definition) is 2. The van der Waals surface area contributed by atoms with E-state index in [0.717, 1.165) is 37.8 Å². The largest absolute Gasteiger partial charge is 0.388 e. The van der Waals surface area contributed by atoms with E-state index in [9.17, 15) is 9.90 Å². The number of ketones is 1. The molecule has 0 amide bonds. The molecule has 0 atom stereocenters. The summed E-state index contributed by atoms with van der Waals surface area (Å²) in [6.45, 7) is 0.603. The van der Waals surface area contributed by atoms with Gasteiger partial charge >= 0.3 is 0 Å². The number of carbonyl (C=O) groups is 1. The van der Waals surface area contributed by atoms with E-state index in [1.165, 1.54) is 6.42 Å². The Kier molecular flexibility index (Phi) is 3.10. The summed E-state index contributed by atoms with van der Waals surface area (Å²) in [5, 5.41) is 13.4. The third-order valence-corrected chi connectivity index (χ3v) is 3.40. The van der Waals surface area contributed by atoms with Gasteiger partial charge in [-0.1, -0.05) is 19.3 Å². The van der Waals surface area contributed by atoms with Gasteiger partial charge in [-0.3, -0.25) is 4.79 Å². The van der Waals surface area contributed by atoms with Crippen LogP contribution in [0.3, 0.4) is 0 Å². The van der Waals surface area contributed by atoms with Crippen molar-refractivity contribution >= 4 is 5.78 Å². The van der Waals surface area contributed by atoms with Crippen LogP contribution in [0.4, 0.5) is 0 Å². The van der Waals surface area contributed by atoms with E-state index >= 15 is 0 Å². The molecule has 0 aliphatic heterocycles. The Morgan fingerprint density at radius 3 is 2.60 bits per heavy atom. The number of nitrogens with one attached hydrogen (secondary N) is 1. The Morgan fingerprint density at radius 1 is 1.27 bits per heavy atom. The molecule has 2 aliphatic rings. The number of allylic oxidation sites excluding steroid dienone is 2. The molecule has 15 heavy (non-hydrogen) atoms. The van der Waals surface area contributed by atoms with Crippen molar-refractivity contribution in [3.63, 3.8) is 0 Å². The third-order valence-electron chi connectivity index (χ3n) is 3.40. The second-order valence-electron chi connectivity index (χ2n) is 4.77. The third kappa shape index (κ3) is 2.81. The van der Waals surface area contributed by atoms with Crippen molar-refractivity contribution < 1.29 is 9.90 Å². The van der Waals surface area contributed by atoms with E-state index in [4.69, 9.17) is 0 Å². The highest BCUT2D eigenvalue weighted by Crippen LogP contribution is 2.27. The molecular weight excluding hydrogens is 190 g/mol. The smallest absolute Gasteiger partial charge is 0.157 e. The fourth-order valence-electron chi connectivity index (χ4n) is 2.40. The van der Waals surface area contributed by atoms with Gasteiger partial charge in [0.25, 0.3) is 0 Å². The number of aliphatic hydroxyl groups is 1. The summed E-state index contributed by atoms with van der Waals surface area (Å²) in [6, 6.07) is 0. The monoisotopic (exact) mass is 209 g/mol. The molecule has 0 heterocycles. The maximum Gasteiger partial charge on any atom is 0.157 e. The fraction of sp³-hybridized carbons (Fsp3) is 0.750. The summed E-state index contributed by atoms with van der Waals surface area (Å²) >= 11 is 0. The van der Waals surface area contributed by atoms with Gasteiger partial charge in [-0.2, -0.15) is 0 Å². The molecule has 0 bridgehead atoms. The van der Waals surface area contributed by atoms with E-state index in [2.05, 4.69) is 5.32 Å². The number of hydrogen-bond acceptors (Lipinski definition) is 3. The standard InChI is InChI=1S/C12H19NO2/c14-11-5-4-10(8-11)13-9-12(15)6-2-1-3-7-12/h8,13,15H,1-7,9H2. The lowest BCUT2D eigenvalue weighted by Crippen LogP contribution is -2.41. The highest BCUT2D eigenvalue weighted by molar-refractivity contribution is 5.92. The highest BCUT2D eigenvalue weighted by atomic mass is 16.3. The zero-order valence-corrected chi connectivity index (χ0v) is 9.09. The molecule has 1 saturated carbocycles. The first-order valence-electron chi connectivity index (χ1n) is 5.88. The van der Waals surface area contributed by atoms with Crippen LogP contribution in [0.2, 0.25) is 0 Å². The predicted octanol–water partition coefficient (Wildman–Crippen LogP) is 1.52. The van der Waals surface area contributed by atoms with Crippen LogP contribution in [-0.2, 0) is 4.79 Å². The van der Waals surface area contributed by atoms with E-state index < -0.39 is 5.60 Å². The Labute approximate surface area is 90.6 Å². The topological polar surface area (TPSA) is 49.3 Å². The van der Waals surface area contributed by atoms with Gasteiger partial charge in [-0.15, -0.1) is 0 Å². The number of carbonyl (C=O) groups excluding carboxylic acids is 1. The van der Waals surface area contributed by atoms with Gasteiger partial charge in [0.1, 0.15) is 0 Å². The molecule has 1 fully saturated rings. The molecule has 3 heteroatoms. The summed E-state index contributed by atoms with van der Waals surface area (Å²) in [7, 11) is 0. The average Bonchev–Trinajstić information content (AvgIpc) is 2.63. The molecule has 0 aromatic heterocycles. The second-order valence-corrected chi connectivity index (χ2v) is 4.77. The van der Waals surface area contributed by atoms with Crippen molar-refractivity contribution in [1.82, 2.24) is 5.32 Å². The van der Waals surface area contributed by atoms with E-state index in [1.54, 1.807) is 6.08 Å². The van der Waals surface area contributed by atoms with Gasteiger partial charge in [-0.25, -0.2) is 0 Å². The Bertz CT molecular complexity index is 277. The molecule has 0 aromatic carbocycles. The lowest BCUT2D eigenvalue weighted by Gasteiger charge is -2.32. The molecule has 0 saturated heterocycles. The van der Waals surface area contributed by atoms with Crippen molar-refractivity contribution in [2.45, 2.75) is 50.5 Å². The van der Waals surface area contributed by atoms with Crippen molar-refractivity contribution in [3.05, 3.63) is 11.8 Å². The summed E-state index contributed by atoms with van der Waals surface area (Å²) < 4.78 is 0. The first-order chi connectivity index (χ1) is 7.18. The van der Waals surface area contributed by atoms with Gasteiger partial charge < -0.3 is 10.4 Å². The van der Waals surface area contributed by atoms with Crippen LogP contribution in [0.25, 0.3) is 0 Å². The zero-order chi connectivity index (χ0) is 10.7. The lowest BCUT2D eigenvalue weighted by atomic mass is 9.85. The van der Waals surface area contributed by atoms with E-state index in [1.807, 2.05) is 0 Å². The van der Waals surface area contributed by atoms with Gasteiger partial charge in [0.15, 0.2) is 5.78 Å². The van der Waals surface area contributed by atoms with Gasteiger partial charge in [0, 0.05) is 24.7 Å². The minimum atomic E-state index is -0.537. The Morgan fingerprint density at radius 2 is 2.00 bits per heavy atom. The molecule has 2 aliphatic carbocycles. The van der Waals surface area contributed by atoms with E-state index in [0.29, 0.717) is 13.0 Å². The lowest BCUT2D eigenvalue weighted by molar-refractivity contribution is -0.114. The van der Waals surface area contributed by atoms with Crippen LogP contribution >= 0.6 is 0 Å². The van der Waals surface area contributed by atoms with Crippen LogP contribution in [0.1, 0.15) is 44.9 Å². The molecule has 2 N–H and O–H groups in total. The maximum absolute atomic E-state index is 11.0. The number of rotatable bonds is 3. The fourth-order valence-corrected chi connectivity index (χ4v) is 2.40. The predicted molar refractivity (Wildman–Crippen MR) is 58.4 cm³/mol. The van der Waals surface area contributed by atoms with Crippen molar-refractivity contribution in [2.24, 2.45) is 0 Å². The molecular formula is C12H19NO2. The molecule has 84 valence electrons. The highest BCUT2D eigenvalue weighted by Gasteiger charge is 2.29. The van der Waals surface area contributed by atoms with Crippen molar-refractivity contribution in [2.75, 3.05) is 6.54 Å². The first kappa shape index (κ1) is 10.7. The Balaban J connectivity index is 1.81. The minimum Gasteiger partial charge on any atom is -0.388 e. The van der Waals surface area contributed by atoms with Gasteiger partial charge in [0.2, 0.25) is 0 Å². The van der Waals surface area contributed by atoms with Crippen LogP contribution in [0.15, 0.2) is 11.8 Å². The minimum absolute atomic E-state index is 0.202. The average molecular weight is 209 g/mol. The van der Waals surface area contributed by atoms with Crippen LogP contribution in [0.5, 0.6) is 0 Å². The molecule has 2 rings (SSSR count). The molecule has 0 radical (unpaired) electrons. The van der Waals surface area contributed by atoms with E-state index in [-0.39, 0.29) is 5.78 Å². The van der Waals surface area contributed by atoms with Crippen LogP contribution in [0, 0.1) is 0 Å². The maximum atomic E-state index is 11.0. The Hall–Kier alpha value is -0.830. The molecule has 3 nitrogen and oxygen atoms in total. The molecule has 0 aromatic rings.